The number of hydrogen-bond acceptors (Lipinski definition) is 3. The van der Waals surface area contributed by atoms with Crippen molar-refractivity contribution >= 4 is 5.91 Å². The molecule has 0 radical (unpaired) electrons. The lowest BCUT2D eigenvalue weighted by Gasteiger charge is -2.10. The minimum atomic E-state index is -4.58. The van der Waals surface area contributed by atoms with Crippen molar-refractivity contribution in [2.45, 2.75) is 26.1 Å². The Morgan fingerprint density at radius 1 is 1.14 bits per heavy atom. The molecule has 3 aromatic rings. The highest BCUT2D eigenvalue weighted by atomic mass is 19.4. The van der Waals surface area contributed by atoms with Crippen LogP contribution < -0.4 is 5.32 Å². The molecule has 29 heavy (non-hydrogen) atoms. The monoisotopic (exact) mass is 403 g/mol. The van der Waals surface area contributed by atoms with Crippen LogP contribution >= 0.6 is 0 Å². The summed E-state index contributed by atoms with van der Waals surface area (Å²) >= 11 is 0. The normalized spacial score (nSPS) is 12.6. The van der Waals surface area contributed by atoms with Gasteiger partial charge in [0.1, 0.15) is 5.82 Å². The Hall–Kier alpha value is -3.13. The molecule has 2 aromatic carbocycles. The zero-order valence-electron chi connectivity index (χ0n) is 15.9. The van der Waals surface area contributed by atoms with Crippen LogP contribution in [0.3, 0.4) is 0 Å². The van der Waals surface area contributed by atoms with Crippen LogP contribution in [0.25, 0.3) is 17.1 Å². The number of aromatic nitrogens is 2. The zero-order valence-corrected chi connectivity index (χ0v) is 15.9. The van der Waals surface area contributed by atoms with Crippen LogP contribution in [0.4, 0.5) is 13.2 Å². The first-order valence-corrected chi connectivity index (χ1v) is 8.95. The lowest BCUT2D eigenvalue weighted by molar-refractivity contribution is -0.140. The molecule has 2 N–H and O–H groups in total. The van der Waals surface area contributed by atoms with Crippen LogP contribution in [0, 0.1) is 6.92 Å². The molecule has 0 spiro atoms. The number of benzene rings is 2. The van der Waals surface area contributed by atoms with E-state index in [0.717, 1.165) is 11.8 Å². The van der Waals surface area contributed by atoms with Crippen LogP contribution in [0.15, 0.2) is 54.7 Å². The highest BCUT2D eigenvalue weighted by molar-refractivity contribution is 5.94. The first-order chi connectivity index (χ1) is 13.6. The van der Waals surface area contributed by atoms with Gasteiger partial charge >= 0.3 is 6.18 Å². The fraction of sp³-hybridized carbons (Fsp3) is 0.238. The van der Waals surface area contributed by atoms with E-state index in [4.69, 9.17) is 0 Å². The van der Waals surface area contributed by atoms with Crippen molar-refractivity contribution in [2.24, 2.45) is 0 Å². The fourth-order valence-corrected chi connectivity index (χ4v) is 2.74. The summed E-state index contributed by atoms with van der Waals surface area (Å²) in [5, 5.41) is 11.8. The molecule has 1 amide bonds. The molecule has 0 fully saturated rings. The maximum Gasteiger partial charge on any atom is 0.434 e. The summed E-state index contributed by atoms with van der Waals surface area (Å²) < 4.78 is 41.1. The van der Waals surface area contributed by atoms with Gasteiger partial charge in [-0.3, -0.25) is 9.36 Å². The van der Waals surface area contributed by atoms with Crippen LogP contribution in [0.1, 0.15) is 28.5 Å². The van der Waals surface area contributed by atoms with Crippen molar-refractivity contribution in [3.63, 3.8) is 0 Å². The standard InChI is InChI=1S/C21H20F3N3O2/c1-13-3-5-15(6-4-13)19-26-18(21(22,23)24)12-27(19)17-9-7-16(8-10-17)20(29)25-11-14(2)28/h3-10,12,14,28H,11H2,1-2H3,(H,25,29). The fourth-order valence-electron chi connectivity index (χ4n) is 2.74. The molecular weight excluding hydrogens is 383 g/mol. The Kier molecular flexibility index (Phi) is 5.74. The third-order valence-corrected chi connectivity index (χ3v) is 4.27. The Balaban J connectivity index is 1.98. The number of aliphatic hydroxyl groups excluding tert-OH is 1. The van der Waals surface area contributed by atoms with E-state index in [1.165, 1.54) is 16.7 Å². The predicted molar refractivity (Wildman–Crippen MR) is 103 cm³/mol. The number of hydrogen-bond donors (Lipinski definition) is 2. The van der Waals surface area contributed by atoms with Crippen LogP contribution in [0.2, 0.25) is 0 Å². The number of nitrogens with zero attached hydrogens (tertiary/aromatic N) is 2. The van der Waals surface area contributed by atoms with Gasteiger partial charge in [-0.15, -0.1) is 0 Å². The number of halogens is 3. The molecule has 152 valence electrons. The molecule has 0 saturated carbocycles. The van der Waals surface area contributed by atoms with Gasteiger partial charge in [0.2, 0.25) is 0 Å². The maximum absolute atomic E-state index is 13.2. The van der Waals surface area contributed by atoms with E-state index in [2.05, 4.69) is 10.3 Å². The predicted octanol–water partition coefficient (Wildman–Crippen LogP) is 3.98. The van der Waals surface area contributed by atoms with Crippen molar-refractivity contribution in [1.29, 1.82) is 0 Å². The van der Waals surface area contributed by atoms with E-state index >= 15 is 0 Å². The smallest absolute Gasteiger partial charge is 0.392 e. The van der Waals surface area contributed by atoms with Crippen molar-refractivity contribution in [3.05, 3.63) is 71.5 Å². The molecule has 0 bridgehead atoms. The lowest BCUT2D eigenvalue weighted by atomic mass is 10.1. The number of rotatable bonds is 5. The van der Waals surface area contributed by atoms with Crippen LogP contribution in [0.5, 0.6) is 0 Å². The van der Waals surface area contributed by atoms with Crippen molar-refractivity contribution < 1.29 is 23.1 Å². The molecule has 8 heteroatoms. The SMILES string of the molecule is Cc1ccc(-c2nc(C(F)(F)F)cn2-c2ccc(C(=O)NCC(C)O)cc2)cc1. The largest absolute Gasteiger partial charge is 0.434 e. The molecule has 0 aliphatic carbocycles. The Labute approximate surface area is 165 Å². The summed E-state index contributed by atoms with van der Waals surface area (Å²) in [4.78, 5) is 15.9. The number of alkyl halides is 3. The van der Waals surface area contributed by atoms with Gasteiger partial charge < -0.3 is 10.4 Å². The van der Waals surface area contributed by atoms with Gasteiger partial charge in [0.15, 0.2) is 5.69 Å². The number of amides is 1. The van der Waals surface area contributed by atoms with Crippen LogP contribution in [-0.2, 0) is 6.18 Å². The van der Waals surface area contributed by atoms with Gasteiger partial charge in [-0.2, -0.15) is 13.2 Å². The zero-order chi connectivity index (χ0) is 21.2. The van der Waals surface area contributed by atoms with Crippen LogP contribution in [-0.4, -0.2) is 33.2 Å². The van der Waals surface area contributed by atoms with Gasteiger partial charge in [-0.25, -0.2) is 4.98 Å². The van der Waals surface area contributed by atoms with Gasteiger partial charge in [0.05, 0.1) is 6.10 Å². The van der Waals surface area contributed by atoms with E-state index in [1.807, 2.05) is 6.92 Å². The first kappa shape index (κ1) is 20.6. The summed E-state index contributed by atoms with van der Waals surface area (Å²) in [6.45, 7) is 3.54. The number of carbonyl (C=O) groups excluding carboxylic acids is 1. The number of nitrogens with one attached hydrogen (secondary N) is 1. The lowest BCUT2D eigenvalue weighted by Crippen LogP contribution is -2.30. The second kappa shape index (κ2) is 8.08. The minimum absolute atomic E-state index is 0.106. The molecule has 1 aromatic heterocycles. The van der Waals surface area contributed by atoms with E-state index in [-0.39, 0.29) is 18.3 Å². The maximum atomic E-state index is 13.2. The Morgan fingerprint density at radius 2 is 1.76 bits per heavy atom. The summed E-state index contributed by atoms with van der Waals surface area (Å²) in [6.07, 6.45) is -4.31. The number of aryl methyl sites for hydroxylation is 1. The highest BCUT2D eigenvalue weighted by Gasteiger charge is 2.35. The summed E-state index contributed by atoms with van der Waals surface area (Å²) in [5.74, 6) is -0.221. The average Bonchev–Trinajstić information content (AvgIpc) is 3.12. The van der Waals surface area contributed by atoms with Crippen molar-refractivity contribution in [1.82, 2.24) is 14.9 Å². The summed E-state index contributed by atoms with van der Waals surface area (Å²) in [6, 6.07) is 13.2. The van der Waals surface area contributed by atoms with E-state index in [9.17, 15) is 23.1 Å². The molecule has 0 saturated heterocycles. The number of aliphatic hydroxyl groups is 1. The first-order valence-electron chi connectivity index (χ1n) is 8.95. The van der Waals surface area contributed by atoms with Crippen molar-refractivity contribution in [3.8, 4) is 17.1 Å². The third kappa shape index (κ3) is 4.83. The van der Waals surface area contributed by atoms with Gasteiger partial charge in [0.25, 0.3) is 5.91 Å². The highest BCUT2D eigenvalue weighted by Crippen LogP contribution is 2.32. The van der Waals surface area contributed by atoms with Crippen molar-refractivity contribution in [2.75, 3.05) is 6.54 Å². The number of imidazole rings is 1. The second-order valence-corrected chi connectivity index (χ2v) is 6.79. The summed E-state index contributed by atoms with van der Waals surface area (Å²) in [7, 11) is 0. The average molecular weight is 403 g/mol. The minimum Gasteiger partial charge on any atom is -0.392 e. The Bertz CT molecular complexity index is 992. The van der Waals surface area contributed by atoms with Gasteiger partial charge in [0, 0.05) is 29.6 Å². The second-order valence-electron chi connectivity index (χ2n) is 6.79. The van der Waals surface area contributed by atoms with Gasteiger partial charge in [-0.1, -0.05) is 29.8 Å². The molecule has 1 unspecified atom stereocenters. The van der Waals surface area contributed by atoms with E-state index in [0.29, 0.717) is 16.8 Å². The van der Waals surface area contributed by atoms with E-state index in [1.54, 1.807) is 43.3 Å². The number of carbonyl (C=O) groups is 1. The Morgan fingerprint density at radius 3 is 2.31 bits per heavy atom. The molecule has 1 atom stereocenters. The van der Waals surface area contributed by atoms with Gasteiger partial charge in [-0.05, 0) is 38.1 Å². The van der Waals surface area contributed by atoms with E-state index < -0.39 is 18.0 Å². The molecule has 3 rings (SSSR count). The summed E-state index contributed by atoms with van der Waals surface area (Å²) in [5.41, 5.74) is 1.31. The molecule has 5 nitrogen and oxygen atoms in total. The molecular formula is C21H20F3N3O2. The topological polar surface area (TPSA) is 67.2 Å². The molecule has 1 heterocycles. The molecule has 0 aliphatic heterocycles. The third-order valence-electron chi connectivity index (χ3n) is 4.27. The molecule has 0 aliphatic rings. The quantitative estimate of drug-likeness (QED) is 0.677.